The SMILES string of the molecule is CSc1ccc(C(=O)CCc2ccc(Br)cc2)cc1. The molecule has 0 amide bonds. The number of hydrogen-bond acceptors (Lipinski definition) is 2. The van der Waals surface area contributed by atoms with Crippen molar-refractivity contribution in [3.63, 3.8) is 0 Å². The summed E-state index contributed by atoms with van der Waals surface area (Å²) in [4.78, 5) is 13.3. The van der Waals surface area contributed by atoms with Crippen molar-refractivity contribution in [1.29, 1.82) is 0 Å². The summed E-state index contributed by atoms with van der Waals surface area (Å²) >= 11 is 5.09. The van der Waals surface area contributed by atoms with Gasteiger partial charge in [0, 0.05) is 21.4 Å². The van der Waals surface area contributed by atoms with Gasteiger partial charge in [-0.25, -0.2) is 0 Å². The predicted octanol–water partition coefficient (Wildman–Crippen LogP) is 4.99. The Labute approximate surface area is 126 Å². The zero-order chi connectivity index (χ0) is 13.7. The summed E-state index contributed by atoms with van der Waals surface area (Å²) in [6.07, 6.45) is 3.38. The normalized spacial score (nSPS) is 10.4. The van der Waals surface area contributed by atoms with E-state index in [1.165, 1.54) is 10.5 Å². The summed E-state index contributed by atoms with van der Waals surface area (Å²) in [6.45, 7) is 0. The van der Waals surface area contributed by atoms with Crippen LogP contribution in [0, 0.1) is 0 Å². The molecular formula is C16H15BrOS. The van der Waals surface area contributed by atoms with Gasteiger partial charge in [-0.1, -0.05) is 40.2 Å². The molecule has 0 aromatic heterocycles. The number of carbonyl (C=O) groups is 1. The third kappa shape index (κ3) is 4.22. The summed E-state index contributed by atoms with van der Waals surface area (Å²) in [5, 5.41) is 0. The highest BCUT2D eigenvalue weighted by Crippen LogP contribution is 2.17. The van der Waals surface area contributed by atoms with Crippen molar-refractivity contribution in [3.8, 4) is 0 Å². The van der Waals surface area contributed by atoms with Gasteiger partial charge in [0.05, 0.1) is 0 Å². The van der Waals surface area contributed by atoms with Gasteiger partial charge in [0.25, 0.3) is 0 Å². The second-order valence-corrected chi connectivity index (χ2v) is 6.07. The first-order chi connectivity index (χ1) is 9.19. The van der Waals surface area contributed by atoms with Crippen molar-refractivity contribution in [2.45, 2.75) is 17.7 Å². The van der Waals surface area contributed by atoms with Crippen molar-refractivity contribution in [1.82, 2.24) is 0 Å². The van der Waals surface area contributed by atoms with Crippen molar-refractivity contribution < 1.29 is 4.79 Å². The maximum absolute atomic E-state index is 12.1. The molecule has 0 unspecified atom stereocenters. The van der Waals surface area contributed by atoms with Gasteiger partial charge in [0.15, 0.2) is 5.78 Å². The Balaban J connectivity index is 1.95. The molecule has 0 aliphatic rings. The summed E-state index contributed by atoms with van der Waals surface area (Å²) in [5.74, 6) is 0.204. The lowest BCUT2D eigenvalue weighted by Crippen LogP contribution is -2.01. The first-order valence-electron chi connectivity index (χ1n) is 6.11. The van der Waals surface area contributed by atoms with Crippen LogP contribution in [0.1, 0.15) is 22.3 Å². The predicted molar refractivity (Wildman–Crippen MR) is 85.0 cm³/mol. The topological polar surface area (TPSA) is 17.1 Å². The molecule has 0 bridgehead atoms. The highest BCUT2D eigenvalue weighted by atomic mass is 79.9. The third-order valence-electron chi connectivity index (χ3n) is 2.97. The van der Waals surface area contributed by atoms with E-state index in [4.69, 9.17) is 0 Å². The Morgan fingerprint density at radius 3 is 2.26 bits per heavy atom. The zero-order valence-electron chi connectivity index (χ0n) is 10.7. The van der Waals surface area contributed by atoms with Gasteiger partial charge in [-0.3, -0.25) is 4.79 Å². The molecule has 0 aliphatic heterocycles. The quantitative estimate of drug-likeness (QED) is 0.566. The molecule has 3 heteroatoms. The van der Waals surface area contributed by atoms with Crippen LogP contribution < -0.4 is 0 Å². The van der Waals surface area contributed by atoms with E-state index in [2.05, 4.69) is 15.9 Å². The second kappa shape index (κ2) is 6.92. The molecule has 0 fully saturated rings. The van der Waals surface area contributed by atoms with Crippen molar-refractivity contribution in [3.05, 3.63) is 64.1 Å². The minimum absolute atomic E-state index is 0.204. The molecule has 0 spiro atoms. The molecule has 0 atom stereocenters. The van der Waals surface area contributed by atoms with Crippen molar-refractivity contribution in [2.24, 2.45) is 0 Å². The number of benzene rings is 2. The average Bonchev–Trinajstić information content (AvgIpc) is 2.46. The fourth-order valence-electron chi connectivity index (χ4n) is 1.83. The largest absolute Gasteiger partial charge is 0.294 e. The molecule has 0 aliphatic carbocycles. The smallest absolute Gasteiger partial charge is 0.163 e. The Hall–Kier alpha value is -1.06. The molecule has 0 radical (unpaired) electrons. The molecule has 2 aromatic rings. The van der Waals surface area contributed by atoms with Gasteiger partial charge in [-0.15, -0.1) is 11.8 Å². The van der Waals surface area contributed by atoms with Gasteiger partial charge in [0.1, 0.15) is 0 Å². The molecule has 0 N–H and O–H groups in total. The van der Waals surface area contributed by atoms with E-state index in [0.717, 1.165) is 16.5 Å². The fraction of sp³-hybridized carbons (Fsp3) is 0.188. The Morgan fingerprint density at radius 1 is 1.05 bits per heavy atom. The number of Topliss-reactive ketones (excluding diaryl/α,β-unsaturated/α-hetero) is 1. The maximum Gasteiger partial charge on any atom is 0.163 e. The van der Waals surface area contributed by atoms with Crippen LogP contribution in [0.2, 0.25) is 0 Å². The Morgan fingerprint density at radius 2 is 1.68 bits per heavy atom. The average molecular weight is 335 g/mol. The second-order valence-electron chi connectivity index (χ2n) is 4.28. The number of thioether (sulfide) groups is 1. The molecule has 1 nitrogen and oxygen atoms in total. The lowest BCUT2D eigenvalue weighted by Gasteiger charge is -2.03. The van der Waals surface area contributed by atoms with E-state index in [9.17, 15) is 4.79 Å². The van der Waals surface area contributed by atoms with E-state index in [1.54, 1.807) is 11.8 Å². The molecule has 0 heterocycles. The van der Waals surface area contributed by atoms with Crippen LogP contribution in [0.4, 0.5) is 0 Å². The van der Waals surface area contributed by atoms with E-state index >= 15 is 0 Å². The molecule has 2 aromatic carbocycles. The van der Waals surface area contributed by atoms with Gasteiger partial charge in [-0.05, 0) is 42.5 Å². The third-order valence-corrected chi connectivity index (χ3v) is 4.24. The van der Waals surface area contributed by atoms with E-state index < -0.39 is 0 Å². The number of aryl methyl sites for hydroxylation is 1. The summed E-state index contributed by atoms with van der Waals surface area (Å²) in [5.41, 5.74) is 1.99. The number of hydrogen-bond donors (Lipinski definition) is 0. The first kappa shape index (κ1) is 14.4. The number of ketones is 1. The van der Waals surface area contributed by atoms with Gasteiger partial charge in [-0.2, -0.15) is 0 Å². The molecule has 98 valence electrons. The van der Waals surface area contributed by atoms with E-state index in [0.29, 0.717) is 6.42 Å². The minimum atomic E-state index is 0.204. The van der Waals surface area contributed by atoms with E-state index in [-0.39, 0.29) is 5.78 Å². The van der Waals surface area contributed by atoms with Crippen LogP contribution in [-0.4, -0.2) is 12.0 Å². The van der Waals surface area contributed by atoms with Crippen molar-refractivity contribution in [2.75, 3.05) is 6.26 Å². The first-order valence-corrected chi connectivity index (χ1v) is 8.12. The highest BCUT2D eigenvalue weighted by Gasteiger charge is 2.06. The van der Waals surface area contributed by atoms with Crippen LogP contribution in [-0.2, 0) is 6.42 Å². The number of carbonyl (C=O) groups excluding carboxylic acids is 1. The molecular weight excluding hydrogens is 320 g/mol. The summed E-state index contributed by atoms with van der Waals surface area (Å²) in [6, 6.07) is 15.9. The summed E-state index contributed by atoms with van der Waals surface area (Å²) in [7, 11) is 0. The molecule has 0 saturated carbocycles. The van der Waals surface area contributed by atoms with Gasteiger partial charge >= 0.3 is 0 Å². The molecule has 0 saturated heterocycles. The van der Waals surface area contributed by atoms with Gasteiger partial charge < -0.3 is 0 Å². The standard InChI is InChI=1S/C16H15BrOS/c1-19-15-9-5-13(6-10-15)16(18)11-4-12-2-7-14(17)8-3-12/h2-3,5-10H,4,11H2,1H3. The monoisotopic (exact) mass is 334 g/mol. The lowest BCUT2D eigenvalue weighted by molar-refractivity contribution is 0.0983. The van der Waals surface area contributed by atoms with E-state index in [1.807, 2.05) is 54.8 Å². The molecule has 19 heavy (non-hydrogen) atoms. The minimum Gasteiger partial charge on any atom is -0.294 e. The van der Waals surface area contributed by atoms with Crippen molar-refractivity contribution >= 4 is 33.5 Å². The van der Waals surface area contributed by atoms with Gasteiger partial charge in [0.2, 0.25) is 0 Å². The van der Waals surface area contributed by atoms with Crippen LogP contribution in [0.25, 0.3) is 0 Å². The fourth-order valence-corrected chi connectivity index (χ4v) is 2.50. The lowest BCUT2D eigenvalue weighted by atomic mass is 10.0. The van der Waals surface area contributed by atoms with Crippen LogP contribution in [0.5, 0.6) is 0 Å². The zero-order valence-corrected chi connectivity index (χ0v) is 13.1. The molecule has 2 rings (SSSR count). The maximum atomic E-state index is 12.1. The number of halogens is 1. The van der Waals surface area contributed by atoms with Crippen LogP contribution >= 0.6 is 27.7 Å². The highest BCUT2D eigenvalue weighted by molar-refractivity contribution is 9.10. The van der Waals surface area contributed by atoms with Crippen LogP contribution in [0.3, 0.4) is 0 Å². The Kier molecular flexibility index (Phi) is 5.23. The Bertz CT molecular complexity index is 546. The number of rotatable bonds is 5. The summed E-state index contributed by atoms with van der Waals surface area (Å²) < 4.78 is 1.07. The van der Waals surface area contributed by atoms with Crippen LogP contribution in [0.15, 0.2) is 57.9 Å².